The van der Waals surface area contributed by atoms with Crippen LogP contribution in [0.2, 0.25) is 0 Å². The fourth-order valence-electron chi connectivity index (χ4n) is 3.65. The molecule has 0 spiro atoms. The first kappa shape index (κ1) is 22.6. The van der Waals surface area contributed by atoms with E-state index in [0.29, 0.717) is 22.3 Å². The average molecular weight is 439 g/mol. The average Bonchev–Trinajstić information content (AvgIpc) is 2.76. The topological polar surface area (TPSA) is 80.8 Å². The van der Waals surface area contributed by atoms with Crippen molar-refractivity contribution in [3.8, 4) is 5.75 Å². The van der Waals surface area contributed by atoms with Crippen molar-refractivity contribution in [2.75, 3.05) is 32.2 Å². The standard InChI is InChI=1S/C21H24F3N3O4/c1-12(20(29)31-3)26-19(28)14-8-13-9-16(30-2)10-17(18(13)25-11-14)27-6-4-15(5-7-27)21(22,23)24/h8-12,15H,4-7H2,1-3H3,(H,26,28)/t12-/m0/s1. The highest BCUT2D eigenvalue weighted by molar-refractivity contribution is 6.01. The number of rotatable bonds is 5. The second-order valence-electron chi connectivity index (χ2n) is 7.46. The van der Waals surface area contributed by atoms with Gasteiger partial charge in [0.05, 0.1) is 36.9 Å². The van der Waals surface area contributed by atoms with Crippen LogP contribution in [0.4, 0.5) is 18.9 Å². The third kappa shape index (κ3) is 5.00. The molecule has 7 nitrogen and oxygen atoms in total. The highest BCUT2D eigenvalue weighted by Gasteiger charge is 2.41. The molecule has 1 fully saturated rings. The van der Waals surface area contributed by atoms with Gasteiger partial charge in [-0.05, 0) is 31.9 Å². The molecular formula is C21H24F3N3O4. The number of esters is 1. The van der Waals surface area contributed by atoms with Crippen LogP contribution in [-0.2, 0) is 9.53 Å². The second kappa shape index (κ2) is 8.99. The number of anilines is 1. The van der Waals surface area contributed by atoms with Crippen LogP contribution in [0, 0.1) is 5.92 Å². The number of ether oxygens (including phenoxy) is 2. The number of nitrogens with zero attached hydrogens (tertiary/aromatic N) is 2. The Labute approximate surface area is 177 Å². The highest BCUT2D eigenvalue weighted by Crippen LogP contribution is 2.38. The Hall–Kier alpha value is -3.04. The minimum Gasteiger partial charge on any atom is -0.497 e. The number of benzene rings is 1. The largest absolute Gasteiger partial charge is 0.497 e. The van der Waals surface area contributed by atoms with E-state index in [0.717, 1.165) is 0 Å². The SMILES string of the molecule is COC(=O)[C@H](C)NC(=O)c1cnc2c(N3CCC(C(F)(F)F)CC3)cc(OC)cc2c1. The van der Waals surface area contributed by atoms with Crippen molar-refractivity contribution in [2.24, 2.45) is 5.92 Å². The molecule has 1 aromatic carbocycles. The number of carbonyl (C=O) groups is 2. The smallest absolute Gasteiger partial charge is 0.391 e. The van der Waals surface area contributed by atoms with E-state index in [-0.39, 0.29) is 31.5 Å². The van der Waals surface area contributed by atoms with E-state index in [1.54, 1.807) is 18.2 Å². The van der Waals surface area contributed by atoms with Gasteiger partial charge in [0.1, 0.15) is 11.8 Å². The summed E-state index contributed by atoms with van der Waals surface area (Å²) in [4.78, 5) is 30.3. The van der Waals surface area contributed by atoms with E-state index in [1.165, 1.54) is 27.3 Å². The molecule has 1 aliphatic rings. The molecule has 1 saturated heterocycles. The molecule has 0 unspecified atom stereocenters. The predicted octanol–water partition coefficient (Wildman–Crippen LogP) is 3.31. The van der Waals surface area contributed by atoms with Crippen molar-refractivity contribution in [3.05, 3.63) is 30.0 Å². The number of halogens is 3. The van der Waals surface area contributed by atoms with Crippen molar-refractivity contribution in [1.82, 2.24) is 10.3 Å². The van der Waals surface area contributed by atoms with Crippen LogP contribution in [0.3, 0.4) is 0 Å². The van der Waals surface area contributed by atoms with Gasteiger partial charge in [-0.2, -0.15) is 13.2 Å². The maximum absolute atomic E-state index is 13.0. The van der Waals surface area contributed by atoms with E-state index in [1.807, 2.05) is 4.90 Å². The maximum Gasteiger partial charge on any atom is 0.391 e. The molecule has 0 aliphatic carbocycles. The minimum atomic E-state index is -4.19. The Kier molecular flexibility index (Phi) is 6.56. The van der Waals surface area contributed by atoms with Crippen LogP contribution < -0.4 is 15.0 Å². The summed E-state index contributed by atoms with van der Waals surface area (Å²) in [6.07, 6.45) is -2.80. The molecule has 2 heterocycles. The number of hydrogen-bond acceptors (Lipinski definition) is 6. The first-order valence-corrected chi connectivity index (χ1v) is 9.82. The minimum absolute atomic E-state index is 0.00804. The second-order valence-corrected chi connectivity index (χ2v) is 7.46. The quantitative estimate of drug-likeness (QED) is 0.720. The zero-order valence-corrected chi connectivity index (χ0v) is 17.5. The number of nitrogens with one attached hydrogen (secondary N) is 1. The Morgan fingerprint density at radius 2 is 1.87 bits per heavy atom. The molecule has 0 saturated carbocycles. The summed E-state index contributed by atoms with van der Waals surface area (Å²) in [5, 5.41) is 3.14. The molecule has 1 aromatic heterocycles. The van der Waals surface area contributed by atoms with E-state index in [9.17, 15) is 22.8 Å². The molecule has 3 rings (SSSR count). The zero-order valence-electron chi connectivity index (χ0n) is 17.5. The number of hydrogen-bond donors (Lipinski definition) is 1. The third-order valence-corrected chi connectivity index (χ3v) is 5.44. The number of methoxy groups -OCH3 is 2. The lowest BCUT2D eigenvalue weighted by atomic mass is 9.95. The van der Waals surface area contributed by atoms with Gasteiger partial charge in [0.15, 0.2) is 0 Å². The van der Waals surface area contributed by atoms with Gasteiger partial charge < -0.3 is 19.7 Å². The van der Waals surface area contributed by atoms with Crippen molar-refractivity contribution in [3.63, 3.8) is 0 Å². The van der Waals surface area contributed by atoms with Crippen molar-refractivity contribution in [2.45, 2.75) is 32.0 Å². The molecule has 2 aromatic rings. The number of pyridine rings is 1. The maximum atomic E-state index is 13.0. The summed E-state index contributed by atoms with van der Waals surface area (Å²) in [5.41, 5.74) is 1.45. The summed E-state index contributed by atoms with van der Waals surface area (Å²) in [6.45, 7) is 1.99. The molecule has 1 amide bonds. The molecule has 10 heteroatoms. The fourth-order valence-corrected chi connectivity index (χ4v) is 3.65. The lowest BCUT2D eigenvalue weighted by Crippen LogP contribution is -2.39. The van der Waals surface area contributed by atoms with Gasteiger partial charge in [0.2, 0.25) is 0 Å². The lowest BCUT2D eigenvalue weighted by Gasteiger charge is -2.34. The summed E-state index contributed by atoms with van der Waals surface area (Å²) < 4.78 is 49.0. The Morgan fingerprint density at radius 1 is 1.19 bits per heavy atom. The number of alkyl halides is 3. The fraction of sp³-hybridized carbons (Fsp3) is 0.476. The van der Waals surface area contributed by atoms with Crippen molar-refractivity contribution >= 4 is 28.5 Å². The van der Waals surface area contributed by atoms with Crippen LogP contribution >= 0.6 is 0 Å². The van der Waals surface area contributed by atoms with Crippen LogP contribution in [-0.4, -0.2) is 56.4 Å². The molecule has 168 valence electrons. The summed E-state index contributed by atoms with van der Waals surface area (Å²) in [6, 6.07) is 4.22. The van der Waals surface area contributed by atoms with Gasteiger partial charge >= 0.3 is 12.1 Å². The van der Waals surface area contributed by atoms with Gasteiger partial charge in [-0.15, -0.1) is 0 Å². The Morgan fingerprint density at radius 3 is 2.45 bits per heavy atom. The lowest BCUT2D eigenvalue weighted by molar-refractivity contribution is -0.179. The molecule has 0 bridgehead atoms. The van der Waals surface area contributed by atoms with Gasteiger partial charge in [-0.1, -0.05) is 0 Å². The first-order valence-electron chi connectivity index (χ1n) is 9.82. The van der Waals surface area contributed by atoms with Gasteiger partial charge in [-0.3, -0.25) is 9.78 Å². The van der Waals surface area contributed by atoms with E-state index in [4.69, 9.17) is 4.74 Å². The number of fused-ring (bicyclic) bond motifs is 1. The molecular weight excluding hydrogens is 415 g/mol. The summed E-state index contributed by atoms with van der Waals surface area (Å²) in [7, 11) is 2.72. The van der Waals surface area contributed by atoms with Crippen molar-refractivity contribution in [1.29, 1.82) is 0 Å². The van der Waals surface area contributed by atoms with E-state index >= 15 is 0 Å². The Balaban J connectivity index is 1.89. The first-order chi connectivity index (χ1) is 14.6. The third-order valence-electron chi connectivity index (χ3n) is 5.44. The van der Waals surface area contributed by atoms with Crippen LogP contribution in [0.25, 0.3) is 10.9 Å². The molecule has 1 atom stereocenters. The van der Waals surface area contributed by atoms with E-state index in [2.05, 4.69) is 15.0 Å². The number of piperidine rings is 1. The highest BCUT2D eigenvalue weighted by atomic mass is 19.4. The van der Waals surface area contributed by atoms with E-state index < -0.39 is 30.0 Å². The summed E-state index contributed by atoms with van der Waals surface area (Å²) >= 11 is 0. The molecule has 31 heavy (non-hydrogen) atoms. The zero-order chi connectivity index (χ0) is 22.8. The van der Waals surface area contributed by atoms with Crippen LogP contribution in [0.5, 0.6) is 5.75 Å². The van der Waals surface area contributed by atoms with Gasteiger partial charge in [0, 0.05) is 30.7 Å². The van der Waals surface area contributed by atoms with Gasteiger partial charge in [0.25, 0.3) is 5.91 Å². The predicted molar refractivity (Wildman–Crippen MR) is 108 cm³/mol. The van der Waals surface area contributed by atoms with Crippen molar-refractivity contribution < 1.29 is 32.2 Å². The normalized spacial score (nSPS) is 16.1. The monoisotopic (exact) mass is 439 g/mol. The summed E-state index contributed by atoms with van der Waals surface area (Å²) in [5.74, 6) is -1.88. The number of amides is 1. The Bertz CT molecular complexity index is 972. The molecule has 1 aliphatic heterocycles. The van der Waals surface area contributed by atoms with Gasteiger partial charge in [-0.25, -0.2) is 4.79 Å². The molecule has 0 radical (unpaired) electrons. The van der Waals surface area contributed by atoms with Crippen LogP contribution in [0.15, 0.2) is 24.4 Å². The number of aromatic nitrogens is 1. The van der Waals surface area contributed by atoms with Crippen LogP contribution in [0.1, 0.15) is 30.1 Å². The molecule has 1 N–H and O–H groups in total. The number of carbonyl (C=O) groups excluding carboxylic acids is 2.